The summed E-state index contributed by atoms with van der Waals surface area (Å²) in [6.45, 7) is -1.02. The summed E-state index contributed by atoms with van der Waals surface area (Å²) in [5.41, 5.74) is 0.861. The molecular weight excluding hydrogens is 275 g/mol. The van der Waals surface area contributed by atoms with E-state index in [1.807, 2.05) is 6.07 Å². The summed E-state index contributed by atoms with van der Waals surface area (Å²) in [5, 5.41) is 0. The van der Waals surface area contributed by atoms with Crippen LogP contribution in [-0.4, -0.2) is 42.1 Å². The Morgan fingerprint density at radius 2 is 1.95 bits per heavy atom. The molecule has 108 valence electrons. The van der Waals surface area contributed by atoms with E-state index in [0.29, 0.717) is 6.42 Å². The Morgan fingerprint density at radius 3 is 2.55 bits per heavy atom. The minimum absolute atomic E-state index is 0.0150. The number of carbonyl (C=O) groups is 2. The van der Waals surface area contributed by atoms with Crippen LogP contribution in [0.4, 0.5) is 18.0 Å². The largest absolute Gasteiger partial charge is 0.451 e. The van der Waals surface area contributed by atoms with Gasteiger partial charge in [0.25, 0.3) is 5.78 Å². The molecule has 1 atom stereocenters. The standard InChI is InChI=1S/C13H12F3NO3/c14-13(15,16)11(18)7-17-10(8-20-12(17)19)6-9-4-2-1-3-5-9/h1-5,10H,6-8H2/t10-/m0/s1. The molecule has 1 aliphatic rings. The van der Waals surface area contributed by atoms with Gasteiger partial charge in [0, 0.05) is 0 Å². The third kappa shape index (κ3) is 3.28. The molecule has 0 bridgehead atoms. The van der Waals surface area contributed by atoms with Crippen LogP contribution in [0.5, 0.6) is 0 Å². The van der Waals surface area contributed by atoms with Crippen molar-refractivity contribution in [2.24, 2.45) is 0 Å². The quantitative estimate of drug-likeness (QED) is 0.852. The number of ketones is 1. The summed E-state index contributed by atoms with van der Waals surface area (Å²) in [4.78, 5) is 23.2. The van der Waals surface area contributed by atoms with Gasteiger partial charge in [0.15, 0.2) is 0 Å². The van der Waals surface area contributed by atoms with Gasteiger partial charge in [-0.1, -0.05) is 30.3 Å². The number of cyclic esters (lactones) is 1. The number of alkyl halides is 3. The lowest BCUT2D eigenvalue weighted by atomic mass is 10.1. The highest BCUT2D eigenvalue weighted by Crippen LogP contribution is 2.21. The first-order valence-corrected chi connectivity index (χ1v) is 5.95. The summed E-state index contributed by atoms with van der Waals surface area (Å²) in [6.07, 6.45) is -5.48. The van der Waals surface area contributed by atoms with E-state index in [4.69, 9.17) is 4.74 Å². The van der Waals surface area contributed by atoms with E-state index in [0.717, 1.165) is 10.5 Å². The fourth-order valence-electron chi connectivity index (χ4n) is 1.98. The third-order valence-electron chi connectivity index (χ3n) is 3.02. The van der Waals surface area contributed by atoms with Crippen LogP contribution in [0, 0.1) is 0 Å². The Morgan fingerprint density at radius 1 is 1.30 bits per heavy atom. The van der Waals surface area contributed by atoms with Gasteiger partial charge in [-0.2, -0.15) is 13.2 Å². The van der Waals surface area contributed by atoms with Crippen molar-refractivity contribution in [3.63, 3.8) is 0 Å². The smallest absolute Gasteiger partial charge is 0.447 e. The summed E-state index contributed by atoms with van der Waals surface area (Å²) in [7, 11) is 0. The lowest BCUT2D eigenvalue weighted by molar-refractivity contribution is -0.171. The van der Waals surface area contributed by atoms with Gasteiger partial charge in [0.05, 0.1) is 12.6 Å². The molecule has 0 N–H and O–H groups in total. The molecule has 0 aliphatic carbocycles. The lowest BCUT2D eigenvalue weighted by Crippen LogP contribution is -2.42. The number of carbonyl (C=O) groups excluding carboxylic acids is 2. The highest BCUT2D eigenvalue weighted by Gasteiger charge is 2.43. The Bertz CT molecular complexity index is 501. The minimum atomic E-state index is -4.94. The van der Waals surface area contributed by atoms with E-state index >= 15 is 0 Å². The monoisotopic (exact) mass is 287 g/mol. The second-order valence-corrected chi connectivity index (χ2v) is 4.47. The second-order valence-electron chi connectivity index (χ2n) is 4.47. The van der Waals surface area contributed by atoms with E-state index < -0.39 is 30.6 Å². The van der Waals surface area contributed by atoms with Crippen molar-refractivity contribution in [3.05, 3.63) is 35.9 Å². The molecule has 2 rings (SSSR count). The van der Waals surface area contributed by atoms with Crippen LogP contribution in [0.2, 0.25) is 0 Å². The fraction of sp³-hybridized carbons (Fsp3) is 0.385. The summed E-state index contributed by atoms with van der Waals surface area (Å²) in [5.74, 6) is -1.95. The summed E-state index contributed by atoms with van der Waals surface area (Å²) >= 11 is 0. The van der Waals surface area contributed by atoms with Crippen LogP contribution in [0.1, 0.15) is 5.56 Å². The molecule has 1 amide bonds. The van der Waals surface area contributed by atoms with E-state index in [2.05, 4.69) is 0 Å². The topological polar surface area (TPSA) is 46.6 Å². The van der Waals surface area contributed by atoms with Crippen molar-refractivity contribution in [1.29, 1.82) is 0 Å². The zero-order chi connectivity index (χ0) is 14.8. The Kier molecular flexibility index (Phi) is 3.96. The van der Waals surface area contributed by atoms with Crippen LogP contribution in [-0.2, 0) is 16.0 Å². The molecule has 0 aromatic heterocycles. The number of rotatable bonds is 4. The SMILES string of the molecule is O=C1OC[C@H](Cc2ccccc2)N1CC(=O)C(F)(F)F. The molecule has 0 radical (unpaired) electrons. The zero-order valence-corrected chi connectivity index (χ0v) is 10.4. The maximum absolute atomic E-state index is 12.3. The van der Waals surface area contributed by atoms with Crippen LogP contribution in [0.25, 0.3) is 0 Å². The first-order valence-electron chi connectivity index (χ1n) is 5.95. The van der Waals surface area contributed by atoms with Gasteiger partial charge in [-0.3, -0.25) is 9.69 Å². The van der Waals surface area contributed by atoms with Crippen molar-refractivity contribution in [3.8, 4) is 0 Å². The second kappa shape index (κ2) is 5.52. The van der Waals surface area contributed by atoms with Gasteiger partial charge in [-0.25, -0.2) is 4.79 Å². The van der Waals surface area contributed by atoms with Gasteiger partial charge in [-0.15, -0.1) is 0 Å². The highest BCUT2D eigenvalue weighted by molar-refractivity contribution is 5.88. The van der Waals surface area contributed by atoms with Crippen LogP contribution >= 0.6 is 0 Å². The molecule has 1 saturated heterocycles. The molecule has 0 saturated carbocycles. The van der Waals surface area contributed by atoms with Crippen LogP contribution < -0.4 is 0 Å². The number of hydrogen-bond donors (Lipinski definition) is 0. The van der Waals surface area contributed by atoms with E-state index in [9.17, 15) is 22.8 Å². The molecule has 4 nitrogen and oxygen atoms in total. The first kappa shape index (κ1) is 14.4. The number of halogens is 3. The molecule has 0 spiro atoms. The van der Waals surface area contributed by atoms with Gasteiger partial charge in [0.2, 0.25) is 0 Å². The molecule has 1 aromatic rings. The average molecular weight is 287 g/mol. The Balaban J connectivity index is 2.05. The van der Waals surface area contributed by atoms with Crippen molar-refractivity contribution in [1.82, 2.24) is 4.90 Å². The van der Waals surface area contributed by atoms with Crippen molar-refractivity contribution in [2.45, 2.75) is 18.6 Å². The molecule has 1 aliphatic heterocycles. The normalized spacial score (nSPS) is 19.1. The molecule has 7 heteroatoms. The van der Waals surface area contributed by atoms with Crippen molar-refractivity contribution in [2.75, 3.05) is 13.2 Å². The van der Waals surface area contributed by atoms with E-state index in [1.165, 1.54) is 0 Å². The van der Waals surface area contributed by atoms with E-state index in [1.54, 1.807) is 24.3 Å². The molecular formula is C13H12F3NO3. The summed E-state index contributed by atoms with van der Waals surface area (Å²) < 4.78 is 41.5. The fourth-order valence-corrected chi connectivity index (χ4v) is 1.98. The molecule has 0 unspecified atom stereocenters. The number of nitrogens with zero attached hydrogens (tertiary/aromatic N) is 1. The number of Topliss-reactive ketones (excluding diaryl/α,β-unsaturated/α-hetero) is 1. The third-order valence-corrected chi connectivity index (χ3v) is 3.02. The van der Waals surface area contributed by atoms with Gasteiger partial charge in [0.1, 0.15) is 6.61 Å². The maximum Gasteiger partial charge on any atom is 0.451 e. The number of hydrogen-bond acceptors (Lipinski definition) is 3. The number of ether oxygens (including phenoxy) is 1. The predicted octanol–water partition coefficient (Wildman–Crippen LogP) is 2.18. The average Bonchev–Trinajstić information content (AvgIpc) is 2.71. The molecule has 1 aromatic carbocycles. The van der Waals surface area contributed by atoms with Crippen LogP contribution in [0.15, 0.2) is 30.3 Å². The van der Waals surface area contributed by atoms with Crippen LogP contribution in [0.3, 0.4) is 0 Å². The Hall–Kier alpha value is -2.05. The molecule has 1 heterocycles. The Labute approximate surface area is 113 Å². The minimum Gasteiger partial charge on any atom is -0.447 e. The highest BCUT2D eigenvalue weighted by atomic mass is 19.4. The van der Waals surface area contributed by atoms with E-state index in [-0.39, 0.29) is 6.61 Å². The molecule has 20 heavy (non-hydrogen) atoms. The van der Waals surface area contributed by atoms with Crippen molar-refractivity contribution < 1.29 is 27.5 Å². The predicted molar refractivity (Wildman–Crippen MR) is 63.1 cm³/mol. The maximum atomic E-state index is 12.3. The van der Waals surface area contributed by atoms with Gasteiger partial charge in [-0.05, 0) is 12.0 Å². The van der Waals surface area contributed by atoms with Gasteiger partial charge >= 0.3 is 12.3 Å². The first-order chi connectivity index (χ1) is 9.38. The van der Waals surface area contributed by atoms with Crippen molar-refractivity contribution >= 4 is 11.9 Å². The molecule has 1 fully saturated rings. The number of amides is 1. The zero-order valence-electron chi connectivity index (χ0n) is 10.4. The summed E-state index contributed by atoms with van der Waals surface area (Å²) in [6, 6.07) is 8.43. The lowest BCUT2D eigenvalue weighted by Gasteiger charge is -2.21. The number of benzene rings is 1. The van der Waals surface area contributed by atoms with Gasteiger partial charge < -0.3 is 4.74 Å².